The van der Waals surface area contributed by atoms with Crippen LogP contribution in [0.2, 0.25) is 10.0 Å². The van der Waals surface area contributed by atoms with Crippen LogP contribution in [0.15, 0.2) is 24.3 Å². The number of carbonyl (C=O) groups excluding carboxylic acids is 3. The topological polar surface area (TPSA) is 104 Å². The van der Waals surface area contributed by atoms with Gasteiger partial charge in [-0.1, -0.05) is 36.2 Å². The van der Waals surface area contributed by atoms with Crippen molar-refractivity contribution in [2.24, 2.45) is 0 Å². The molecular weight excluding hydrogens is 487 g/mol. The predicted molar refractivity (Wildman–Crippen MR) is 130 cm³/mol. The molecule has 0 aliphatic rings. The van der Waals surface area contributed by atoms with Crippen LogP contribution in [0.3, 0.4) is 0 Å². The van der Waals surface area contributed by atoms with Gasteiger partial charge < -0.3 is 15.0 Å². The summed E-state index contributed by atoms with van der Waals surface area (Å²) in [6.07, 6.45) is 0.645. The number of amides is 2. The van der Waals surface area contributed by atoms with Gasteiger partial charge in [-0.2, -0.15) is 5.10 Å². The second-order valence-electron chi connectivity index (χ2n) is 7.35. The number of thiophene rings is 1. The number of anilines is 1. The normalized spacial score (nSPS) is 10.7. The standard InChI is InChI=1S/C22H22Cl2N4O4S/c1-5-8-32-22(31)17-11(2)18(21(30)28(3)4)33-20(17)25-19(29)16-10-15(26-27-16)12-6-7-13(23)14(24)9-12/h6-7,9-10H,5,8H2,1-4H3,(H,25,29)(H,26,27). The highest BCUT2D eigenvalue weighted by atomic mass is 35.5. The first-order valence-corrected chi connectivity index (χ1v) is 11.6. The van der Waals surface area contributed by atoms with E-state index >= 15 is 0 Å². The van der Waals surface area contributed by atoms with Crippen molar-refractivity contribution in [3.63, 3.8) is 0 Å². The molecule has 0 saturated carbocycles. The van der Waals surface area contributed by atoms with E-state index in [0.717, 1.165) is 11.3 Å². The Morgan fingerprint density at radius 2 is 1.91 bits per heavy atom. The molecule has 0 aliphatic carbocycles. The molecule has 2 heterocycles. The van der Waals surface area contributed by atoms with E-state index in [-0.39, 0.29) is 28.8 Å². The summed E-state index contributed by atoms with van der Waals surface area (Å²) in [6.45, 7) is 3.76. The fourth-order valence-electron chi connectivity index (χ4n) is 2.93. The van der Waals surface area contributed by atoms with Crippen LogP contribution in [0.5, 0.6) is 0 Å². The van der Waals surface area contributed by atoms with E-state index in [1.807, 2.05) is 6.92 Å². The van der Waals surface area contributed by atoms with Crippen LogP contribution in [0.4, 0.5) is 5.00 Å². The largest absolute Gasteiger partial charge is 0.462 e. The molecule has 2 aromatic heterocycles. The molecule has 174 valence electrons. The summed E-state index contributed by atoms with van der Waals surface area (Å²) >= 11 is 13.0. The molecular formula is C22H22Cl2N4O4S. The average Bonchev–Trinajstić information content (AvgIpc) is 3.38. The summed E-state index contributed by atoms with van der Waals surface area (Å²) in [4.78, 5) is 39.9. The average molecular weight is 509 g/mol. The smallest absolute Gasteiger partial charge is 0.341 e. The minimum Gasteiger partial charge on any atom is -0.462 e. The summed E-state index contributed by atoms with van der Waals surface area (Å²) in [6, 6.07) is 6.57. The molecule has 0 spiro atoms. The minimum atomic E-state index is -0.597. The van der Waals surface area contributed by atoms with Gasteiger partial charge in [0.25, 0.3) is 11.8 Å². The number of nitrogens with one attached hydrogen (secondary N) is 2. The van der Waals surface area contributed by atoms with Crippen LogP contribution in [-0.4, -0.2) is 53.6 Å². The first kappa shape index (κ1) is 24.8. The molecule has 0 atom stereocenters. The molecule has 33 heavy (non-hydrogen) atoms. The highest BCUT2D eigenvalue weighted by molar-refractivity contribution is 7.18. The van der Waals surface area contributed by atoms with Crippen LogP contribution < -0.4 is 5.32 Å². The number of H-pyrrole nitrogens is 1. The molecule has 2 amide bonds. The quantitative estimate of drug-likeness (QED) is 0.422. The summed E-state index contributed by atoms with van der Waals surface area (Å²) in [5.41, 5.74) is 1.95. The van der Waals surface area contributed by atoms with Crippen LogP contribution in [0.1, 0.15) is 49.4 Å². The Balaban J connectivity index is 1.91. The van der Waals surface area contributed by atoms with Gasteiger partial charge in [-0.05, 0) is 37.1 Å². The Morgan fingerprint density at radius 1 is 1.18 bits per heavy atom. The number of halogens is 2. The number of aromatic amines is 1. The number of aromatic nitrogens is 2. The highest BCUT2D eigenvalue weighted by Gasteiger charge is 2.28. The first-order valence-electron chi connectivity index (χ1n) is 9.98. The van der Waals surface area contributed by atoms with Gasteiger partial charge in [-0.25, -0.2) is 4.79 Å². The van der Waals surface area contributed by atoms with E-state index in [4.69, 9.17) is 27.9 Å². The lowest BCUT2D eigenvalue weighted by atomic mass is 10.1. The number of benzene rings is 1. The fraction of sp³-hybridized carbons (Fsp3) is 0.273. The number of hydrogen-bond acceptors (Lipinski definition) is 6. The van der Waals surface area contributed by atoms with Gasteiger partial charge in [0.05, 0.1) is 32.8 Å². The first-order chi connectivity index (χ1) is 15.6. The second kappa shape index (κ2) is 10.4. The lowest BCUT2D eigenvalue weighted by Crippen LogP contribution is -2.21. The zero-order chi connectivity index (χ0) is 24.3. The zero-order valence-electron chi connectivity index (χ0n) is 18.4. The second-order valence-corrected chi connectivity index (χ2v) is 9.18. The van der Waals surface area contributed by atoms with Gasteiger partial charge in [0.1, 0.15) is 10.7 Å². The van der Waals surface area contributed by atoms with Crippen molar-refractivity contribution < 1.29 is 19.1 Å². The Kier molecular flexibility index (Phi) is 7.78. The Morgan fingerprint density at radius 3 is 2.55 bits per heavy atom. The zero-order valence-corrected chi connectivity index (χ0v) is 20.7. The lowest BCUT2D eigenvalue weighted by molar-refractivity contribution is 0.0506. The third kappa shape index (κ3) is 5.38. The molecule has 3 rings (SSSR count). The minimum absolute atomic E-state index is 0.162. The summed E-state index contributed by atoms with van der Waals surface area (Å²) in [5, 5.41) is 10.6. The maximum Gasteiger partial charge on any atom is 0.341 e. The molecule has 0 unspecified atom stereocenters. The van der Waals surface area contributed by atoms with Crippen molar-refractivity contribution in [3.05, 3.63) is 56.0 Å². The SMILES string of the molecule is CCCOC(=O)c1c(NC(=O)c2cc(-c3ccc(Cl)c(Cl)c3)n[nH]2)sc(C(=O)N(C)C)c1C. The molecule has 3 aromatic rings. The van der Waals surface area contributed by atoms with Crippen LogP contribution in [-0.2, 0) is 4.74 Å². The molecule has 0 fully saturated rings. The maximum absolute atomic E-state index is 12.9. The van der Waals surface area contributed by atoms with Gasteiger partial charge in [0.2, 0.25) is 0 Å². The molecule has 2 N–H and O–H groups in total. The maximum atomic E-state index is 12.9. The van der Waals surface area contributed by atoms with Gasteiger partial charge in [0.15, 0.2) is 0 Å². The van der Waals surface area contributed by atoms with Crippen molar-refractivity contribution in [2.45, 2.75) is 20.3 Å². The molecule has 8 nitrogen and oxygen atoms in total. The van der Waals surface area contributed by atoms with E-state index in [9.17, 15) is 14.4 Å². The number of carbonyl (C=O) groups is 3. The van der Waals surface area contributed by atoms with E-state index in [0.29, 0.717) is 38.2 Å². The van der Waals surface area contributed by atoms with E-state index < -0.39 is 11.9 Å². The molecule has 0 saturated heterocycles. The molecule has 0 radical (unpaired) electrons. The fourth-order valence-corrected chi connectivity index (χ4v) is 4.44. The number of rotatable bonds is 7. The van der Waals surface area contributed by atoms with Gasteiger partial charge in [-0.15, -0.1) is 11.3 Å². The molecule has 0 bridgehead atoms. The summed E-state index contributed by atoms with van der Waals surface area (Å²) in [7, 11) is 3.23. The van der Waals surface area contributed by atoms with Crippen molar-refractivity contribution in [1.29, 1.82) is 0 Å². The third-order valence-electron chi connectivity index (χ3n) is 4.65. The highest BCUT2D eigenvalue weighted by Crippen LogP contribution is 2.35. The molecule has 11 heteroatoms. The Hall–Kier alpha value is -2.88. The predicted octanol–water partition coefficient (Wildman–Crippen LogP) is 5.27. The van der Waals surface area contributed by atoms with Crippen LogP contribution in [0.25, 0.3) is 11.3 Å². The summed E-state index contributed by atoms with van der Waals surface area (Å²) in [5.74, 6) is -1.39. The Bertz CT molecular complexity index is 1220. The van der Waals surface area contributed by atoms with Crippen molar-refractivity contribution in [1.82, 2.24) is 15.1 Å². The van der Waals surface area contributed by atoms with E-state index in [2.05, 4.69) is 15.5 Å². The van der Waals surface area contributed by atoms with Crippen molar-refractivity contribution >= 4 is 57.3 Å². The van der Waals surface area contributed by atoms with Crippen LogP contribution >= 0.6 is 34.5 Å². The van der Waals surface area contributed by atoms with E-state index in [1.165, 1.54) is 4.90 Å². The van der Waals surface area contributed by atoms with Gasteiger partial charge >= 0.3 is 5.97 Å². The number of esters is 1. The molecule has 1 aromatic carbocycles. The summed E-state index contributed by atoms with van der Waals surface area (Å²) < 4.78 is 5.27. The number of ether oxygens (including phenoxy) is 1. The molecule has 0 aliphatic heterocycles. The van der Waals surface area contributed by atoms with E-state index in [1.54, 1.807) is 45.3 Å². The Labute approximate surface area is 204 Å². The van der Waals surface area contributed by atoms with Gasteiger partial charge in [0, 0.05) is 19.7 Å². The number of nitrogens with zero attached hydrogens (tertiary/aromatic N) is 2. The number of hydrogen-bond donors (Lipinski definition) is 2. The van der Waals surface area contributed by atoms with Crippen molar-refractivity contribution in [2.75, 3.05) is 26.0 Å². The van der Waals surface area contributed by atoms with Crippen LogP contribution in [0, 0.1) is 6.92 Å². The lowest BCUT2D eigenvalue weighted by Gasteiger charge is -2.09. The third-order valence-corrected chi connectivity index (χ3v) is 6.59. The van der Waals surface area contributed by atoms with Gasteiger partial charge in [-0.3, -0.25) is 14.7 Å². The monoisotopic (exact) mass is 508 g/mol. The van der Waals surface area contributed by atoms with Crippen molar-refractivity contribution in [3.8, 4) is 11.3 Å².